The van der Waals surface area contributed by atoms with Gasteiger partial charge in [0.25, 0.3) is 0 Å². The Morgan fingerprint density at radius 3 is 3.08 bits per heavy atom. The zero-order valence-corrected chi connectivity index (χ0v) is 15.0. The van der Waals surface area contributed by atoms with E-state index in [9.17, 15) is 4.79 Å². The summed E-state index contributed by atoms with van der Waals surface area (Å²) in [5, 5.41) is 0. The summed E-state index contributed by atoms with van der Waals surface area (Å²) < 4.78 is 6.31. The van der Waals surface area contributed by atoms with Crippen molar-refractivity contribution >= 4 is 17.7 Å². The third-order valence-electron chi connectivity index (χ3n) is 5.15. The van der Waals surface area contributed by atoms with Gasteiger partial charge in [-0.1, -0.05) is 12.1 Å². The summed E-state index contributed by atoms with van der Waals surface area (Å²) in [7, 11) is 0. The fourth-order valence-corrected chi connectivity index (χ4v) is 5.43. The molecule has 0 radical (unpaired) electrons. The minimum atomic E-state index is 0.236. The van der Waals surface area contributed by atoms with E-state index in [1.807, 2.05) is 41.8 Å². The number of rotatable bonds is 4. The largest absolute Gasteiger partial charge is 0.371 e. The van der Waals surface area contributed by atoms with E-state index < -0.39 is 0 Å². The number of carbonyl (C=O) groups is 1. The topological polar surface area (TPSA) is 42.4 Å². The molecule has 5 heteroatoms. The summed E-state index contributed by atoms with van der Waals surface area (Å²) >= 11 is 1.98. The number of nitrogens with zero attached hydrogens (tertiary/aromatic N) is 2. The summed E-state index contributed by atoms with van der Waals surface area (Å²) in [5.41, 5.74) is 3.06. The first-order valence-electron chi connectivity index (χ1n) is 8.80. The number of aryl methyl sites for hydroxylation is 1. The lowest BCUT2D eigenvalue weighted by molar-refractivity contribution is -0.132. The smallest absolute Gasteiger partial charge is 0.249 e. The van der Waals surface area contributed by atoms with Crippen LogP contribution in [0.25, 0.3) is 0 Å². The first-order chi connectivity index (χ1) is 11.6. The van der Waals surface area contributed by atoms with Crippen LogP contribution in [0.1, 0.15) is 37.1 Å². The van der Waals surface area contributed by atoms with Gasteiger partial charge in [0, 0.05) is 30.1 Å². The van der Waals surface area contributed by atoms with Gasteiger partial charge in [0.1, 0.15) is 0 Å². The quantitative estimate of drug-likeness (QED) is 0.842. The molecule has 0 aromatic carbocycles. The average Bonchev–Trinajstić information content (AvgIpc) is 3.21. The van der Waals surface area contributed by atoms with Crippen LogP contribution in [0.4, 0.5) is 0 Å². The predicted octanol–water partition coefficient (Wildman–Crippen LogP) is 3.10. The van der Waals surface area contributed by atoms with E-state index in [2.05, 4.69) is 11.1 Å². The first-order valence-corrected chi connectivity index (χ1v) is 9.79. The van der Waals surface area contributed by atoms with Crippen LogP contribution in [-0.2, 0) is 16.1 Å². The Hall–Kier alpha value is -1.33. The SMILES string of the molecule is Cc1cccc(COC2CSC3(C2)CN(C(=O)C2=CCCC2)C3)n1. The van der Waals surface area contributed by atoms with Gasteiger partial charge in [0.15, 0.2) is 0 Å². The number of hydrogen-bond donors (Lipinski definition) is 0. The third kappa shape index (κ3) is 3.24. The molecule has 1 amide bonds. The molecule has 2 aliphatic heterocycles. The molecule has 4 rings (SSSR count). The summed E-state index contributed by atoms with van der Waals surface area (Å²) in [6, 6.07) is 6.05. The highest BCUT2D eigenvalue weighted by Crippen LogP contribution is 2.46. The van der Waals surface area contributed by atoms with Crippen molar-refractivity contribution in [3.8, 4) is 0 Å². The first kappa shape index (κ1) is 16.2. The molecule has 1 aliphatic carbocycles. The van der Waals surface area contributed by atoms with E-state index in [1.54, 1.807) is 0 Å². The molecule has 1 aromatic rings. The highest BCUT2D eigenvalue weighted by Gasteiger charge is 2.51. The van der Waals surface area contributed by atoms with Crippen molar-refractivity contribution in [3.05, 3.63) is 41.2 Å². The number of thioether (sulfide) groups is 1. The Balaban J connectivity index is 1.26. The lowest BCUT2D eigenvalue weighted by Gasteiger charge is -2.47. The van der Waals surface area contributed by atoms with Gasteiger partial charge in [0.05, 0.1) is 23.2 Å². The maximum atomic E-state index is 12.4. The van der Waals surface area contributed by atoms with Crippen LogP contribution in [-0.4, -0.2) is 45.5 Å². The highest BCUT2D eigenvalue weighted by atomic mass is 32.2. The molecular formula is C19H24N2O2S. The molecule has 0 bridgehead atoms. The van der Waals surface area contributed by atoms with Gasteiger partial charge in [-0.2, -0.15) is 0 Å². The van der Waals surface area contributed by atoms with Gasteiger partial charge in [-0.15, -0.1) is 11.8 Å². The minimum absolute atomic E-state index is 0.236. The van der Waals surface area contributed by atoms with Crippen LogP contribution in [0.2, 0.25) is 0 Å². The number of ether oxygens (including phenoxy) is 1. The Morgan fingerprint density at radius 2 is 2.33 bits per heavy atom. The molecule has 1 atom stereocenters. The van der Waals surface area contributed by atoms with Crippen LogP contribution >= 0.6 is 11.8 Å². The van der Waals surface area contributed by atoms with Crippen LogP contribution in [0.15, 0.2) is 29.8 Å². The molecule has 3 heterocycles. The van der Waals surface area contributed by atoms with E-state index in [0.717, 1.165) is 61.5 Å². The van der Waals surface area contributed by atoms with Crippen LogP contribution in [0.5, 0.6) is 0 Å². The van der Waals surface area contributed by atoms with Crippen molar-refractivity contribution in [3.63, 3.8) is 0 Å². The second-order valence-electron chi connectivity index (χ2n) is 7.18. The van der Waals surface area contributed by atoms with Gasteiger partial charge < -0.3 is 9.64 Å². The zero-order chi connectivity index (χ0) is 16.6. The van der Waals surface area contributed by atoms with Gasteiger partial charge >= 0.3 is 0 Å². The lowest BCUT2D eigenvalue weighted by atomic mass is 9.92. The summed E-state index contributed by atoms with van der Waals surface area (Å²) in [4.78, 5) is 18.9. The van der Waals surface area contributed by atoms with Crippen molar-refractivity contribution < 1.29 is 9.53 Å². The van der Waals surface area contributed by atoms with Crippen LogP contribution < -0.4 is 0 Å². The predicted molar refractivity (Wildman–Crippen MR) is 95.9 cm³/mol. The van der Waals surface area contributed by atoms with Gasteiger partial charge in [-0.3, -0.25) is 9.78 Å². The van der Waals surface area contributed by atoms with Crippen LogP contribution in [0.3, 0.4) is 0 Å². The fourth-order valence-electron chi connectivity index (χ4n) is 3.87. The maximum absolute atomic E-state index is 12.4. The molecule has 2 fully saturated rings. The number of amides is 1. The van der Waals surface area contributed by atoms with E-state index in [1.165, 1.54) is 0 Å². The van der Waals surface area contributed by atoms with Crippen molar-refractivity contribution in [1.82, 2.24) is 9.88 Å². The second-order valence-corrected chi connectivity index (χ2v) is 8.67. The number of allylic oxidation sites excluding steroid dienone is 1. The van der Waals surface area contributed by atoms with Crippen molar-refractivity contribution in [1.29, 1.82) is 0 Å². The zero-order valence-electron chi connectivity index (χ0n) is 14.2. The molecule has 2 saturated heterocycles. The maximum Gasteiger partial charge on any atom is 0.249 e. The van der Waals surface area contributed by atoms with Crippen molar-refractivity contribution in [2.24, 2.45) is 0 Å². The molecule has 3 aliphatic rings. The Morgan fingerprint density at radius 1 is 1.46 bits per heavy atom. The number of pyridine rings is 1. The molecule has 4 nitrogen and oxygen atoms in total. The molecule has 0 saturated carbocycles. The Kier molecular flexibility index (Phi) is 4.39. The van der Waals surface area contributed by atoms with Gasteiger partial charge in [-0.05, 0) is 44.7 Å². The normalized spacial score (nSPS) is 25.0. The van der Waals surface area contributed by atoms with Crippen molar-refractivity contribution in [2.75, 3.05) is 18.8 Å². The summed E-state index contributed by atoms with van der Waals surface area (Å²) in [5.74, 6) is 1.29. The molecule has 1 spiro atoms. The van der Waals surface area contributed by atoms with E-state index >= 15 is 0 Å². The number of aromatic nitrogens is 1. The fraction of sp³-hybridized carbons (Fsp3) is 0.579. The summed E-state index contributed by atoms with van der Waals surface area (Å²) in [6.07, 6.45) is 6.61. The van der Waals surface area contributed by atoms with E-state index in [0.29, 0.717) is 6.61 Å². The van der Waals surface area contributed by atoms with Crippen molar-refractivity contribution in [2.45, 2.75) is 50.1 Å². The molecule has 128 valence electrons. The molecule has 1 aromatic heterocycles. The van der Waals surface area contributed by atoms with Gasteiger partial charge in [0.2, 0.25) is 5.91 Å². The molecular weight excluding hydrogens is 320 g/mol. The Labute approximate surface area is 147 Å². The number of hydrogen-bond acceptors (Lipinski definition) is 4. The highest BCUT2D eigenvalue weighted by molar-refractivity contribution is 8.01. The minimum Gasteiger partial charge on any atom is -0.371 e. The number of carbonyl (C=O) groups excluding carboxylic acids is 1. The standard InChI is InChI=1S/C19H24N2O2S/c1-14-5-4-8-16(20-14)10-23-17-9-19(24-11-17)12-21(13-19)18(22)15-6-2-3-7-15/h4-6,8,17H,2-3,7,9-13H2,1H3. The Bertz CT molecular complexity index is 667. The van der Waals surface area contributed by atoms with E-state index in [-0.39, 0.29) is 16.8 Å². The number of likely N-dealkylation sites (tertiary alicyclic amines) is 1. The monoisotopic (exact) mass is 344 g/mol. The molecule has 24 heavy (non-hydrogen) atoms. The second kappa shape index (κ2) is 6.52. The van der Waals surface area contributed by atoms with Crippen LogP contribution in [0, 0.1) is 6.92 Å². The average molecular weight is 344 g/mol. The van der Waals surface area contributed by atoms with Gasteiger partial charge in [-0.25, -0.2) is 0 Å². The third-order valence-corrected chi connectivity index (χ3v) is 6.72. The lowest BCUT2D eigenvalue weighted by Crippen LogP contribution is -2.61. The van der Waals surface area contributed by atoms with E-state index in [4.69, 9.17) is 4.74 Å². The molecule has 1 unspecified atom stereocenters. The molecule has 0 N–H and O–H groups in total. The summed E-state index contributed by atoms with van der Waals surface area (Å²) in [6.45, 7) is 4.36.